The van der Waals surface area contributed by atoms with Crippen LogP contribution in [0.15, 0.2) is 46.8 Å². The lowest BCUT2D eigenvalue weighted by Gasteiger charge is -2.25. The topological polar surface area (TPSA) is 74.8 Å². The Bertz CT molecular complexity index is 731. The normalized spacial score (nSPS) is 11.3. The van der Waals surface area contributed by atoms with E-state index >= 15 is 0 Å². The van der Waals surface area contributed by atoms with E-state index in [1.54, 1.807) is 18.4 Å². The summed E-state index contributed by atoms with van der Waals surface area (Å²) in [5.74, 6) is 0.756. The van der Waals surface area contributed by atoms with Gasteiger partial charge in [0.1, 0.15) is 0 Å². The molecule has 0 aliphatic heterocycles. The number of anilines is 1. The lowest BCUT2D eigenvalue weighted by molar-refractivity contribution is 0.187. The highest BCUT2D eigenvalue weighted by Crippen LogP contribution is 2.26. The molecule has 27 heavy (non-hydrogen) atoms. The minimum atomic E-state index is -0.478. The van der Waals surface area contributed by atoms with Crippen LogP contribution >= 0.6 is 35.3 Å². The number of guanidine groups is 1. The third-order valence-electron chi connectivity index (χ3n) is 3.96. The molecule has 1 heterocycles. The molecule has 0 saturated carbocycles. The Balaban J connectivity index is 0.00000364. The fraction of sp³-hybridized carbons (Fsp3) is 0.368. The van der Waals surface area contributed by atoms with Gasteiger partial charge in [0.25, 0.3) is 0 Å². The zero-order valence-electron chi connectivity index (χ0n) is 16.0. The smallest absolute Gasteiger partial charge is 0.411 e. The quantitative estimate of drug-likeness (QED) is 0.315. The molecule has 0 aliphatic rings. The molecule has 148 valence electrons. The highest BCUT2D eigenvalue weighted by atomic mass is 127. The van der Waals surface area contributed by atoms with E-state index < -0.39 is 6.09 Å². The number of nitrogens with zero attached hydrogens (tertiary/aromatic N) is 1. The van der Waals surface area contributed by atoms with Crippen molar-refractivity contribution in [3.63, 3.8) is 0 Å². The van der Waals surface area contributed by atoms with Crippen LogP contribution in [0.1, 0.15) is 24.3 Å². The molecule has 0 atom stereocenters. The number of rotatable bonds is 6. The Morgan fingerprint density at radius 3 is 2.44 bits per heavy atom. The molecule has 1 aromatic carbocycles. The van der Waals surface area contributed by atoms with Gasteiger partial charge in [0.05, 0.1) is 7.11 Å². The summed E-state index contributed by atoms with van der Waals surface area (Å²) >= 11 is 1.77. The predicted octanol–water partition coefficient (Wildman–Crippen LogP) is 4.19. The Morgan fingerprint density at radius 1 is 1.19 bits per heavy atom. The molecular weight excluding hydrogens is 475 g/mol. The van der Waals surface area contributed by atoms with Crippen LogP contribution < -0.4 is 16.0 Å². The summed E-state index contributed by atoms with van der Waals surface area (Å²) in [5.41, 5.74) is 1.81. The summed E-state index contributed by atoms with van der Waals surface area (Å²) < 4.78 is 4.57. The zero-order chi connectivity index (χ0) is 19.0. The lowest BCUT2D eigenvalue weighted by atomic mass is 9.91. The number of amides is 1. The largest absolute Gasteiger partial charge is 0.453 e. The van der Waals surface area contributed by atoms with Gasteiger partial charge < -0.3 is 15.4 Å². The molecule has 2 aromatic rings. The van der Waals surface area contributed by atoms with Crippen LogP contribution in [0.3, 0.4) is 0 Å². The number of carbonyl (C=O) groups excluding carboxylic acids is 1. The highest BCUT2D eigenvalue weighted by Gasteiger charge is 2.21. The Kier molecular flexibility index (Phi) is 9.57. The zero-order valence-corrected chi connectivity index (χ0v) is 19.2. The van der Waals surface area contributed by atoms with Gasteiger partial charge in [0.15, 0.2) is 5.96 Å². The van der Waals surface area contributed by atoms with Gasteiger partial charge in [0, 0.05) is 36.1 Å². The molecule has 0 radical (unpaired) electrons. The van der Waals surface area contributed by atoms with E-state index in [9.17, 15) is 4.79 Å². The van der Waals surface area contributed by atoms with Crippen LogP contribution in [0.4, 0.5) is 10.5 Å². The molecule has 2 rings (SSSR count). The van der Waals surface area contributed by atoms with Gasteiger partial charge >= 0.3 is 6.09 Å². The van der Waals surface area contributed by atoms with Gasteiger partial charge in [0.2, 0.25) is 0 Å². The van der Waals surface area contributed by atoms with E-state index in [0.717, 1.165) is 18.1 Å². The summed E-state index contributed by atoms with van der Waals surface area (Å²) in [4.78, 5) is 16.8. The summed E-state index contributed by atoms with van der Waals surface area (Å²) in [7, 11) is 3.10. The van der Waals surface area contributed by atoms with Gasteiger partial charge in [-0.05, 0) is 29.1 Å². The van der Waals surface area contributed by atoms with E-state index in [1.165, 1.54) is 12.0 Å². The third kappa shape index (κ3) is 7.37. The van der Waals surface area contributed by atoms with E-state index in [1.807, 2.05) is 24.3 Å². The van der Waals surface area contributed by atoms with E-state index in [-0.39, 0.29) is 29.4 Å². The van der Waals surface area contributed by atoms with Crippen molar-refractivity contribution >= 4 is 53.1 Å². The summed E-state index contributed by atoms with van der Waals surface area (Å²) in [6, 6.07) is 11.8. The number of halogens is 1. The fourth-order valence-electron chi connectivity index (χ4n) is 2.34. The second-order valence-electron chi connectivity index (χ2n) is 6.45. The molecule has 0 spiro atoms. The molecule has 0 fully saturated rings. The molecule has 0 aliphatic carbocycles. The highest BCUT2D eigenvalue weighted by molar-refractivity contribution is 14.0. The van der Waals surface area contributed by atoms with Crippen LogP contribution in [0, 0.1) is 0 Å². The molecule has 6 nitrogen and oxygen atoms in total. The Labute approximate surface area is 181 Å². The van der Waals surface area contributed by atoms with Crippen LogP contribution in [-0.4, -0.2) is 32.8 Å². The number of ether oxygens (including phenoxy) is 1. The Morgan fingerprint density at radius 2 is 1.89 bits per heavy atom. The number of thiophene rings is 1. The van der Waals surface area contributed by atoms with Crippen molar-refractivity contribution in [2.75, 3.05) is 26.0 Å². The second-order valence-corrected chi connectivity index (χ2v) is 7.40. The summed E-state index contributed by atoms with van der Waals surface area (Å²) in [5, 5.41) is 11.4. The van der Waals surface area contributed by atoms with Crippen LogP contribution in [-0.2, 0) is 16.7 Å². The van der Waals surface area contributed by atoms with Crippen molar-refractivity contribution in [3.05, 3.63) is 52.2 Å². The van der Waals surface area contributed by atoms with Crippen molar-refractivity contribution in [3.8, 4) is 0 Å². The first-order chi connectivity index (χ1) is 12.4. The van der Waals surface area contributed by atoms with Crippen molar-refractivity contribution in [1.82, 2.24) is 10.6 Å². The number of hydrogen-bond donors (Lipinski definition) is 3. The fourth-order valence-corrected chi connectivity index (χ4v) is 3.19. The minimum absolute atomic E-state index is 0. The monoisotopic (exact) mass is 502 g/mol. The minimum Gasteiger partial charge on any atom is -0.453 e. The van der Waals surface area contributed by atoms with Gasteiger partial charge in [-0.3, -0.25) is 10.3 Å². The maximum Gasteiger partial charge on any atom is 0.411 e. The maximum atomic E-state index is 11.2. The van der Waals surface area contributed by atoms with Gasteiger partial charge in [-0.2, -0.15) is 0 Å². The SMILES string of the molecule is CN=C(NCc1ccc(NC(=O)OC)cc1)NCC(C)(C)c1cccs1.I. The lowest BCUT2D eigenvalue weighted by Crippen LogP contribution is -2.42. The van der Waals surface area contributed by atoms with Gasteiger partial charge in [-0.15, -0.1) is 35.3 Å². The van der Waals surface area contributed by atoms with Crippen LogP contribution in [0.2, 0.25) is 0 Å². The van der Waals surface area contributed by atoms with Crippen LogP contribution in [0.25, 0.3) is 0 Å². The van der Waals surface area contributed by atoms with Gasteiger partial charge in [-0.1, -0.05) is 32.0 Å². The van der Waals surface area contributed by atoms with Crippen LogP contribution in [0.5, 0.6) is 0 Å². The van der Waals surface area contributed by atoms with Crippen molar-refractivity contribution in [1.29, 1.82) is 0 Å². The third-order valence-corrected chi connectivity index (χ3v) is 5.19. The average molecular weight is 502 g/mol. The van der Waals surface area contributed by atoms with E-state index in [4.69, 9.17) is 0 Å². The van der Waals surface area contributed by atoms with E-state index in [0.29, 0.717) is 12.2 Å². The first-order valence-electron chi connectivity index (χ1n) is 8.37. The molecular formula is C19H27IN4O2S. The molecule has 0 bridgehead atoms. The molecule has 1 amide bonds. The number of hydrogen-bond acceptors (Lipinski definition) is 4. The maximum absolute atomic E-state index is 11.2. The average Bonchev–Trinajstić information content (AvgIpc) is 3.18. The standard InChI is InChI=1S/C19H26N4O2S.HI/c1-19(2,16-6-5-11-26-16)13-22-17(20-3)21-12-14-7-9-15(10-8-14)23-18(24)25-4;/h5-11H,12-13H2,1-4H3,(H,23,24)(H2,20,21,22);1H. The first-order valence-corrected chi connectivity index (χ1v) is 9.25. The van der Waals surface area contributed by atoms with Crippen molar-refractivity contribution < 1.29 is 9.53 Å². The van der Waals surface area contributed by atoms with Crippen molar-refractivity contribution in [2.45, 2.75) is 25.8 Å². The number of methoxy groups -OCH3 is 1. The Hall–Kier alpha value is -1.81. The summed E-state index contributed by atoms with van der Waals surface area (Å²) in [6.07, 6.45) is -0.478. The molecule has 1 aromatic heterocycles. The number of carbonyl (C=O) groups is 1. The number of benzene rings is 1. The second kappa shape index (κ2) is 11.1. The van der Waals surface area contributed by atoms with Crippen molar-refractivity contribution in [2.24, 2.45) is 4.99 Å². The molecule has 0 saturated heterocycles. The summed E-state index contributed by atoms with van der Waals surface area (Å²) in [6.45, 7) is 5.85. The molecule has 8 heteroatoms. The number of nitrogens with one attached hydrogen (secondary N) is 3. The van der Waals surface area contributed by atoms with Gasteiger partial charge in [-0.25, -0.2) is 4.79 Å². The predicted molar refractivity (Wildman–Crippen MR) is 123 cm³/mol. The molecule has 3 N–H and O–H groups in total. The first kappa shape index (κ1) is 23.2. The number of aliphatic imine (C=N–C) groups is 1. The van der Waals surface area contributed by atoms with E-state index in [2.05, 4.69) is 57.0 Å². The molecule has 0 unspecified atom stereocenters.